The first-order valence-corrected chi connectivity index (χ1v) is 7.92. The van der Waals surface area contributed by atoms with Gasteiger partial charge < -0.3 is 9.47 Å². The van der Waals surface area contributed by atoms with Gasteiger partial charge in [0.25, 0.3) is 0 Å². The number of carbonyl (C=O) groups is 2. The molecule has 0 bridgehead atoms. The Balaban J connectivity index is 2.61. The summed E-state index contributed by atoms with van der Waals surface area (Å²) in [6.45, 7) is 4.12. The lowest BCUT2D eigenvalue weighted by atomic mass is 10.2. The topological polar surface area (TPSA) is 52.6 Å². The highest BCUT2D eigenvalue weighted by atomic mass is 35.5. The van der Waals surface area contributed by atoms with Gasteiger partial charge >= 0.3 is 11.9 Å². The highest BCUT2D eigenvalue weighted by Crippen LogP contribution is 2.42. The number of rotatable bonds is 6. The molecule has 1 aromatic rings. The number of hydrogen-bond acceptors (Lipinski definition) is 4. The molecule has 22 heavy (non-hydrogen) atoms. The Hall–Kier alpha value is -0.680. The summed E-state index contributed by atoms with van der Waals surface area (Å²) in [6.07, 6.45) is -0.275. The van der Waals surface area contributed by atoms with Crippen molar-refractivity contribution < 1.29 is 19.1 Å². The molecule has 4 nitrogen and oxygen atoms in total. The maximum Gasteiger partial charge on any atom is 0.311 e. The Morgan fingerprint density at radius 3 is 2.00 bits per heavy atom. The molecule has 0 unspecified atom stereocenters. The zero-order valence-corrected chi connectivity index (χ0v) is 14.9. The maximum absolute atomic E-state index is 11.7. The van der Waals surface area contributed by atoms with Crippen LogP contribution in [-0.2, 0) is 14.3 Å². The number of halogens is 4. The Morgan fingerprint density at radius 1 is 1.00 bits per heavy atom. The number of hydrogen-bond donors (Lipinski definition) is 0. The van der Waals surface area contributed by atoms with Gasteiger partial charge in [-0.1, -0.05) is 60.3 Å². The quantitative estimate of drug-likeness (QED) is 0.383. The minimum absolute atomic E-state index is 0.0215. The molecule has 0 aliphatic heterocycles. The molecule has 0 saturated heterocycles. The van der Waals surface area contributed by atoms with E-state index < -0.39 is 11.9 Å². The molecule has 0 radical (unpaired) electrons. The van der Waals surface area contributed by atoms with Crippen LogP contribution in [0.2, 0.25) is 20.1 Å². The van der Waals surface area contributed by atoms with Gasteiger partial charge in [-0.15, -0.1) is 0 Å². The van der Waals surface area contributed by atoms with Crippen molar-refractivity contribution in [1.29, 1.82) is 0 Å². The predicted molar refractivity (Wildman–Crippen MR) is 87.1 cm³/mol. The molecular formula is C14H14Cl4O4. The molecule has 0 spiro atoms. The Bertz CT molecular complexity index is 546. The predicted octanol–water partition coefficient (Wildman–Crippen LogP) is 5.19. The highest BCUT2D eigenvalue weighted by Gasteiger charge is 2.19. The summed E-state index contributed by atoms with van der Waals surface area (Å²) in [6, 6.07) is 1.34. The fraction of sp³-hybridized carbons (Fsp3) is 0.429. The Labute approximate surface area is 148 Å². The maximum atomic E-state index is 11.7. The smallest absolute Gasteiger partial charge is 0.311 e. The van der Waals surface area contributed by atoms with Gasteiger partial charge in [0, 0.05) is 0 Å². The average molecular weight is 388 g/mol. The zero-order valence-electron chi connectivity index (χ0n) is 11.9. The van der Waals surface area contributed by atoms with Crippen molar-refractivity contribution in [1.82, 2.24) is 0 Å². The van der Waals surface area contributed by atoms with Crippen LogP contribution in [0.4, 0.5) is 0 Å². The van der Waals surface area contributed by atoms with Crippen molar-refractivity contribution in [2.24, 2.45) is 5.92 Å². The first kappa shape index (κ1) is 19.4. The van der Waals surface area contributed by atoms with E-state index in [1.54, 1.807) is 0 Å². The van der Waals surface area contributed by atoms with E-state index in [0.29, 0.717) is 6.61 Å². The van der Waals surface area contributed by atoms with Crippen molar-refractivity contribution >= 4 is 58.3 Å². The number of esters is 2. The molecule has 0 N–H and O–H groups in total. The molecule has 122 valence electrons. The molecule has 0 aliphatic rings. The molecule has 0 fully saturated rings. The van der Waals surface area contributed by atoms with E-state index in [0.717, 1.165) is 0 Å². The van der Waals surface area contributed by atoms with E-state index >= 15 is 0 Å². The summed E-state index contributed by atoms with van der Waals surface area (Å²) in [7, 11) is 0. The van der Waals surface area contributed by atoms with Crippen LogP contribution in [0.5, 0.6) is 5.75 Å². The summed E-state index contributed by atoms with van der Waals surface area (Å²) in [5, 5.41) is 0.170. The lowest BCUT2D eigenvalue weighted by Gasteiger charge is -2.11. The van der Waals surface area contributed by atoms with E-state index in [9.17, 15) is 9.59 Å². The summed E-state index contributed by atoms with van der Waals surface area (Å²) >= 11 is 23.5. The lowest BCUT2D eigenvalue weighted by molar-refractivity contribution is -0.147. The van der Waals surface area contributed by atoms with Crippen LogP contribution < -0.4 is 4.74 Å². The minimum atomic E-state index is -0.691. The monoisotopic (exact) mass is 386 g/mol. The van der Waals surface area contributed by atoms with Gasteiger partial charge in [0.05, 0.1) is 29.5 Å². The van der Waals surface area contributed by atoms with Gasteiger partial charge in [-0.05, 0) is 12.0 Å². The molecule has 1 aromatic carbocycles. The molecule has 0 heterocycles. The van der Waals surface area contributed by atoms with Crippen LogP contribution in [0.25, 0.3) is 0 Å². The van der Waals surface area contributed by atoms with Crippen molar-refractivity contribution in [3.05, 3.63) is 26.2 Å². The third kappa shape index (κ3) is 5.84. The largest absolute Gasteiger partial charge is 0.465 e. The summed E-state index contributed by atoms with van der Waals surface area (Å²) < 4.78 is 9.98. The SMILES string of the molecule is CC(C)COC(=O)CCC(=O)Oc1c(Cl)c(Cl)cc(Cl)c1Cl. The molecule has 1 rings (SSSR count). The van der Waals surface area contributed by atoms with Gasteiger partial charge in [-0.3, -0.25) is 9.59 Å². The van der Waals surface area contributed by atoms with Gasteiger partial charge in [0.2, 0.25) is 0 Å². The fourth-order valence-electron chi connectivity index (χ4n) is 1.34. The van der Waals surface area contributed by atoms with Gasteiger partial charge in [0.15, 0.2) is 5.75 Å². The molecule has 0 amide bonds. The zero-order chi connectivity index (χ0) is 16.9. The van der Waals surface area contributed by atoms with Crippen LogP contribution in [-0.4, -0.2) is 18.5 Å². The average Bonchev–Trinajstić information content (AvgIpc) is 2.45. The van der Waals surface area contributed by atoms with Gasteiger partial charge in [-0.2, -0.15) is 0 Å². The van der Waals surface area contributed by atoms with Crippen LogP contribution in [0.3, 0.4) is 0 Å². The number of ether oxygens (including phenoxy) is 2. The highest BCUT2D eigenvalue weighted by molar-refractivity contribution is 6.48. The van der Waals surface area contributed by atoms with E-state index in [4.69, 9.17) is 55.9 Å². The normalized spacial score (nSPS) is 10.7. The number of benzene rings is 1. The van der Waals surface area contributed by atoms with Crippen LogP contribution in [0.15, 0.2) is 6.07 Å². The third-order valence-corrected chi connectivity index (χ3v) is 3.94. The second kappa shape index (κ2) is 8.82. The minimum Gasteiger partial charge on any atom is -0.465 e. The van der Waals surface area contributed by atoms with Crippen LogP contribution in [0, 0.1) is 5.92 Å². The first-order valence-electron chi connectivity index (χ1n) is 6.41. The molecule has 0 atom stereocenters. The first-order chi connectivity index (χ1) is 10.2. The van der Waals surface area contributed by atoms with Crippen molar-refractivity contribution in [2.75, 3.05) is 6.61 Å². The van der Waals surface area contributed by atoms with Crippen molar-refractivity contribution in [3.8, 4) is 5.75 Å². The Kier molecular flexibility index (Phi) is 7.77. The molecule has 0 aliphatic carbocycles. The second-order valence-corrected chi connectivity index (χ2v) is 6.42. The van der Waals surface area contributed by atoms with E-state index in [-0.39, 0.29) is 44.6 Å². The van der Waals surface area contributed by atoms with Gasteiger partial charge in [0.1, 0.15) is 10.0 Å². The van der Waals surface area contributed by atoms with Crippen molar-refractivity contribution in [3.63, 3.8) is 0 Å². The van der Waals surface area contributed by atoms with Gasteiger partial charge in [-0.25, -0.2) is 0 Å². The fourth-order valence-corrected chi connectivity index (χ4v) is 2.21. The van der Waals surface area contributed by atoms with Crippen LogP contribution >= 0.6 is 46.4 Å². The van der Waals surface area contributed by atoms with Crippen molar-refractivity contribution in [2.45, 2.75) is 26.7 Å². The summed E-state index contributed by atoms with van der Waals surface area (Å²) in [4.78, 5) is 23.2. The molecule has 0 saturated carbocycles. The number of carbonyl (C=O) groups excluding carboxylic acids is 2. The van der Waals surface area contributed by atoms with E-state index in [2.05, 4.69) is 0 Å². The van der Waals surface area contributed by atoms with E-state index in [1.165, 1.54) is 6.07 Å². The van der Waals surface area contributed by atoms with E-state index in [1.807, 2.05) is 13.8 Å². The Morgan fingerprint density at radius 2 is 1.50 bits per heavy atom. The van der Waals surface area contributed by atoms with Crippen LogP contribution in [0.1, 0.15) is 26.7 Å². The molecular weight excluding hydrogens is 374 g/mol. The second-order valence-electron chi connectivity index (χ2n) is 4.85. The molecule has 8 heteroatoms. The standard InChI is InChI=1S/C14H14Cl4O4/c1-7(2)6-21-10(19)3-4-11(20)22-14-12(17)8(15)5-9(16)13(14)18/h5,7H,3-4,6H2,1-2H3. The molecule has 0 aromatic heterocycles. The summed E-state index contributed by atoms with van der Waals surface area (Å²) in [5.74, 6) is -1.07. The third-order valence-electron chi connectivity index (χ3n) is 2.40. The summed E-state index contributed by atoms with van der Waals surface area (Å²) in [5.41, 5.74) is 0. The lowest BCUT2D eigenvalue weighted by Crippen LogP contribution is -2.14.